The molecule has 0 unspecified atom stereocenters. The number of carboxylic acids is 1. The second-order valence-electron chi connectivity index (χ2n) is 6.08. The Morgan fingerprint density at radius 3 is 1.77 bits per heavy atom. The summed E-state index contributed by atoms with van der Waals surface area (Å²) in [6.45, 7) is 2.21. The first kappa shape index (κ1) is 20.9. The predicted octanol–water partition coefficient (Wildman–Crippen LogP) is 6.66. The van der Waals surface area contributed by atoms with E-state index in [4.69, 9.17) is 5.11 Å². The van der Waals surface area contributed by atoms with Gasteiger partial charge in [-0.1, -0.05) is 82.6 Å². The molecule has 0 aromatic heterocycles. The molecule has 128 valence electrons. The van der Waals surface area contributed by atoms with E-state index < -0.39 is 5.97 Å². The number of hydrogen-bond donors (Lipinski definition) is 1. The topological polar surface area (TPSA) is 37.3 Å². The molecular weight excluding hydrogens is 272 g/mol. The monoisotopic (exact) mass is 308 g/mol. The Morgan fingerprint density at radius 2 is 1.23 bits per heavy atom. The summed E-state index contributed by atoms with van der Waals surface area (Å²) in [5, 5.41) is 8.53. The number of carbonyl (C=O) groups is 1. The van der Waals surface area contributed by atoms with Gasteiger partial charge in [0.1, 0.15) is 0 Å². The largest absolute Gasteiger partial charge is 0.481 e. The molecule has 0 bridgehead atoms. The first-order valence-corrected chi connectivity index (χ1v) is 9.29. The lowest BCUT2D eigenvalue weighted by atomic mass is 10.1. The molecule has 0 saturated heterocycles. The number of allylic oxidation sites excluding steroid dienone is 4. The summed E-state index contributed by atoms with van der Waals surface area (Å²) in [5.74, 6) is -0.661. The molecule has 0 spiro atoms. The van der Waals surface area contributed by atoms with Crippen LogP contribution in [-0.4, -0.2) is 11.1 Å². The molecule has 0 saturated carbocycles. The Kier molecular flexibility index (Phi) is 17.1. The minimum Gasteiger partial charge on any atom is -0.481 e. The summed E-state index contributed by atoms with van der Waals surface area (Å²) < 4.78 is 0. The maximum Gasteiger partial charge on any atom is 0.303 e. The van der Waals surface area contributed by atoms with Crippen molar-refractivity contribution < 1.29 is 9.90 Å². The molecule has 0 aromatic rings. The maximum atomic E-state index is 10.4. The maximum absolute atomic E-state index is 10.4. The number of rotatable bonds is 16. The van der Waals surface area contributed by atoms with Crippen molar-refractivity contribution in [1.82, 2.24) is 0 Å². The lowest BCUT2D eigenvalue weighted by Gasteiger charge is -2.01. The summed E-state index contributed by atoms with van der Waals surface area (Å²) in [6.07, 6.45) is 25.2. The van der Waals surface area contributed by atoms with E-state index in [1.54, 1.807) is 0 Å². The Bertz CT molecular complexity index is 292. The molecule has 0 radical (unpaired) electrons. The van der Waals surface area contributed by atoms with Crippen LogP contribution in [0.4, 0.5) is 0 Å². The molecule has 0 aliphatic heterocycles. The molecule has 0 fully saturated rings. The third-order valence-corrected chi connectivity index (χ3v) is 3.82. The Labute approximate surface area is 137 Å². The summed E-state index contributed by atoms with van der Waals surface area (Å²) in [7, 11) is 0. The van der Waals surface area contributed by atoms with E-state index in [9.17, 15) is 4.79 Å². The molecule has 0 heterocycles. The average molecular weight is 309 g/mol. The van der Waals surface area contributed by atoms with Gasteiger partial charge in [-0.15, -0.1) is 0 Å². The van der Waals surface area contributed by atoms with Crippen LogP contribution in [0.15, 0.2) is 24.3 Å². The number of unbranched alkanes of at least 4 members (excludes halogenated alkanes) is 10. The van der Waals surface area contributed by atoms with Crippen LogP contribution in [0.5, 0.6) is 0 Å². The van der Waals surface area contributed by atoms with Crippen molar-refractivity contribution in [3.8, 4) is 0 Å². The molecule has 0 aromatic carbocycles. The van der Waals surface area contributed by atoms with E-state index in [0.717, 1.165) is 19.3 Å². The van der Waals surface area contributed by atoms with Crippen molar-refractivity contribution in [2.45, 2.75) is 96.8 Å². The van der Waals surface area contributed by atoms with Crippen molar-refractivity contribution in [3.63, 3.8) is 0 Å². The second kappa shape index (κ2) is 18.0. The normalized spacial score (nSPS) is 11.7. The van der Waals surface area contributed by atoms with Crippen LogP contribution in [0.1, 0.15) is 96.8 Å². The van der Waals surface area contributed by atoms with Gasteiger partial charge in [-0.25, -0.2) is 0 Å². The van der Waals surface area contributed by atoms with Gasteiger partial charge in [0.15, 0.2) is 0 Å². The average Bonchev–Trinajstić information content (AvgIpc) is 2.50. The van der Waals surface area contributed by atoms with E-state index in [1.165, 1.54) is 64.2 Å². The fourth-order valence-electron chi connectivity index (χ4n) is 2.45. The van der Waals surface area contributed by atoms with Gasteiger partial charge < -0.3 is 5.11 Å². The van der Waals surface area contributed by atoms with Crippen LogP contribution in [0, 0.1) is 0 Å². The van der Waals surface area contributed by atoms with E-state index in [0.29, 0.717) is 6.42 Å². The van der Waals surface area contributed by atoms with Gasteiger partial charge in [0.2, 0.25) is 0 Å². The lowest BCUT2D eigenvalue weighted by molar-refractivity contribution is -0.137. The van der Waals surface area contributed by atoms with Crippen LogP contribution < -0.4 is 0 Å². The predicted molar refractivity (Wildman–Crippen MR) is 96.2 cm³/mol. The third kappa shape index (κ3) is 18.9. The van der Waals surface area contributed by atoms with Crippen LogP contribution >= 0.6 is 0 Å². The zero-order chi connectivity index (χ0) is 16.3. The van der Waals surface area contributed by atoms with Crippen molar-refractivity contribution in [1.29, 1.82) is 0 Å². The molecule has 1 N–H and O–H groups in total. The van der Waals surface area contributed by atoms with Crippen molar-refractivity contribution in [2.75, 3.05) is 0 Å². The fourth-order valence-corrected chi connectivity index (χ4v) is 2.45. The highest BCUT2D eigenvalue weighted by Crippen LogP contribution is 2.11. The second-order valence-corrected chi connectivity index (χ2v) is 6.08. The molecule has 0 aliphatic carbocycles. The minimum absolute atomic E-state index is 0.335. The van der Waals surface area contributed by atoms with Gasteiger partial charge in [0.05, 0.1) is 0 Å². The molecule has 0 rings (SSSR count). The zero-order valence-corrected chi connectivity index (χ0v) is 14.6. The Hall–Kier alpha value is -1.05. The van der Waals surface area contributed by atoms with Gasteiger partial charge in [-0.05, 0) is 32.1 Å². The summed E-state index contributed by atoms with van der Waals surface area (Å²) in [4.78, 5) is 10.4. The molecule has 0 aliphatic rings. The van der Waals surface area contributed by atoms with E-state index >= 15 is 0 Å². The summed E-state index contributed by atoms with van der Waals surface area (Å²) >= 11 is 0. The quantitative estimate of drug-likeness (QED) is 0.255. The first-order valence-electron chi connectivity index (χ1n) is 9.29. The van der Waals surface area contributed by atoms with Crippen LogP contribution in [0.3, 0.4) is 0 Å². The van der Waals surface area contributed by atoms with Crippen LogP contribution in [0.25, 0.3) is 0 Å². The smallest absolute Gasteiger partial charge is 0.303 e. The van der Waals surface area contributed by atoms with Crippen molar-refractivity contribution >= 4 is 5.97 Å². The third-order valence-electron chi connectivity index (χ3n) is 3.82. The minimum atomic E-state index is -0.661. The van der Waals surface area contributed by atoms with E-state index in [2.05, 4.69) is 31.2 Å². The zero-order valence-electron chi connectivity index (χ0n) is 14.6. The van der Waals surface area contributed by atoms with Crippen LogP contribution in [-0.2, 0) is 4.79 Å². The van der Waals surface area contributed by atoms with Gasteiger partial charge in [-0.3, -0.25) is 4.79 Å². The van der Waals surface area contributed by atoms with E-state index in [-0.39, 0.29) is 0 Å². The number of aliphatic carboxylic acids is 1. The Balaban J connectivity index is 3.11. The fraction of sp³-hybridized carbons (Fsp3) is 0.750. The van der Waals surface area contributed by atoms with Gasteiger partial charge in [0, 0.05) is 6.42 Å². The number of carboxylic acid groups (broad SMARTS) is 1. The molecule has 2 nitrogen and oxygen atoms in total. The lowest BCUT2D eigenvalue weighted by Crippen LogP contribution is -1.93. The molecule has 2 heteroatoms. The first-order chi connectivity index (χ1) is 10.8. The highest BCUT2D eigenvalue weighted by Gasteiger charge is 1.96. The van der Waals surface area contributed by atoms with Crippen LogP contribution in [0.2, 0.25) is 0 Å². The molecule has 0 atom stereocenters. The van der Waals surface area contributed by atoms with Gasteiger partial charge in [0.25, 0.3) is 0 Å². The summed E-state index contributed by atoms with van der Waals surface area (Å²) in [6, 6.07) is 0. The Morgan fingerprint density at radius 1 is 0.727 bits per heavy atom. The summed E-state index contributed by atoms with van der Waals surface area (Å²) in [5.41, 5.74) is 0. The van der Waals surface area contributed by atoms with Crippen molar-refractivity contribution in [3.05, 3.63) is 24.3 Å². The highest BCUT2D eigenvalue weighted by atomic mass is 16.4. The van der Waals surface area contributed by atoms with Gasteiger partial charge in [-0.2, -0.15) is 0 Å². The van der Waals surface area contributed by atoms with Crippen molar-refractivity contribution in [2.24, 2.45) is 0 Å². The molecule has 22 heavy (non-hydrogen) atoms. The molecular formula is C20H36O2. The number of hydrogen-bond acceptors (Lipinski definition) is 1. The highest BCUT2D eigenvalue weighted by molar-refractivity contribution is 5.66. The molecule has 0 amide bonds. The SMILES string of the molecule is CCCC=CCC=CCCCCCCCCCCCC(=O)O. The van der Waals surface area contributed by atoms with Gasteiger partial charge >= 0.3 is 5.97 Å². The standard InChI is InChI=1S/C20H36O2/c1-2-3-4-5-6-7-8-9-10-11-12-13-14-15-16-17-18-19-20(21)22/h4-5,7-8H,2-3,6,9-19H2,1H3,(H,21,22). The van der Waals surface area contributed by atoms with E-state index in [1.807, 2.05) is 0 Å².